The highest BCUT2D eigenvalue weighted by Gasteiger charge is 2.50. The molecule has 1 atom stereocenters. The molecule has 0 radical (unpaired) electrons. The quantitative estimate of drug-likeness (QED) is 0.166. The first-order valence-corrected chi connectivity index (χ1v) is 22.3. The van der Waals surface area contributed by atoms with Gasteiger partial charge in [-0.3, -0.25) is 4.98 Å². The van der Waals surface area contributed by atoms with E-state index in [1.807, 2.05) is 12.3 Å². The summed E-state index contributed by atoms with van der Waals surface area (Å²) in [6, 6.07) is 78.1. The van der Waals surface area contributed by atoms with Crippen LogP contribution in [0.15, 0.2) is 225 Å². The van der Waals surface area contributed by atoms with Crippen LogP contribution in [0, 0.1) is 0 Å². The van der Waals surface area contributed by atoms with Crippen LogP contribution in [0.25, 0.3) is 111 Å². The number of aromatic nitrogens is 3. The second kappa shape index (κ2) is 13.7. The fourth-order valence-electron chi connectivity index (χ4n) is 11.4. The Morgan fingerprint density at radius 3 is 1.68 bits per heavy atom. The highest BCUT2D eigenvalue weighted by Crippen LogP contribution is 2.63. The molecule has 1 unspecified atom stereocenters. The van der Waals surface area contributed by atoms with Gasteiger partial charge in [0.2, 0.25) is 0 Å². The summed E-state index contributed by atoms with van der Waals surface area (Å²) < 4.78 is 0. The van der Waals surface area contributed by atoms with E-state index in [1.165, 1.54) is 88.0 Å². The molecule has 2 aromatic heterocycles. The Balaban J connectivity index is 1.07. The van der Waals surface area contributed by atoms with Crippen molar-refractivity contribution in [3.8, 4) is 78.4 Å². The molecule has 2 aliphatic carbocycles. The van der Waals surface area contributed by atoms with E-state index >= 15 is 0 Å². The van der Waals surface area contributed by atoms with Crippen molar-refractivity contribution < 1.29 is 0 Å². The van der Waals surface area contributed by atoms with Crippen molar-refractivity contribution in [2.75, 3.05) is 0 Å². The zero-order valence-corrected chi connectivity index (χ0v) is 35.2. The lowest BCUT2D eigenvalue weighted by Crippen LogP contribution is -2.29. The van der Waals surface area contributed by atoms with E-state index in [0.717, 1.165) is 39.2 Å². The molecule has 0 aliphatic heterocycles. The maximum atomic E-state index is 5.44. The average Bonchev–Trinajstić information content (AvgIpc) is 3.63. The monoisotopic (exact) mass is 823 g/mol. The van der Waals surface area contributed by atoms with Gasteiger partial charge in [-0.05, 0) is 123 Å². The van der Waals surface area contributed by atoms with E-state index in [2.05, 4.69) is 211 Å². The van der Waals surface area contributed by atoms with E-state index in [9.17, 15) is 0 Å². The summed E-state index contributed by atoms with van der Waals surface area (Å²) in [4.78, 5) is 15.0. The molecule has 3 heteroatoms. The SMILES string of the molecule is c1ccc(-c2cc(-c3ccc4c(c3)C3(c5ccccc5-c5ccccc5-4)c4ccccc4-c4c3cc3ccc5cccc6ccc4c3c56)nc(-c3ccc(-c4cccnc4)cc3)n2)cc1. The first kappa shape index (κ1) is 36.0. The lowest BCUT2D eigenvalue weighted by molar-refractivity contribution is 0.777. The van der Waals surface area contributed by atoms with Crippen LogP contribution in [0.5, 0.6) is 0 Å². The maximum Gasteiger partial charge on any atom is 0.160 e. The predicted octanol–water partition coefficient (Wildman–Crippen LogP) is 15.4. The molecular weight excluding hydrogens is 787 g/mol. The zero-order valence-electron chi connectivity index (χ0n) is 35.2. The smallest absolute Gasteiger partial charge is 0.160 e. The van der Waals surface area contributed by atoms with Crippen LogP contribution in [0.2, 0.25) is 0 Å². The Morgan fingerprint density at radius 2 is 0.923 bits per heavy atom. The van der Waals surface area contributed by atoms with Crippen LogP contribution < -0.4 is 0 Å². The molecule has 300 valence electrons. The minimum atomic E-state index is -0.669. The van der Waals surface area contributed by atoms with Crippen LogP contribution in [0.1, 0.15) is 22.3 Å². The third-order valence-corrected chi connectivity index (χ3v) is 14.1. The molecule has 10 aromatic carbocycles. The second-order valence-electron chi connectivity index (χ2n) is 17.4. The van der Waals surface area contributed by atoms with Gasteiger partial charge in [0.25, 0.3) is 0 Å². The Bertz CT molecular complexity index is 3860. The van der Waals surface area contributed by atoms with E-state index in [1.54, 1.807) is 6.20 Å². The summed E-state index contributed by atoms with van der Waals surface area (Å²) in [5.41, 5.74) is 18.9. The second-order valence-corrected chi connectivity index (χ2v) is 17.4. The normalized spacial score (nSPS) is 14.5. The molecule has 14 rings (SSSR count). The van der Waals surface area contributed by atoms with Crippen LogP contribution in [-0.2, 0) is 5.41 Å². The Labute approximate surface area is 376 Å². The summed E-state index contributed by atoms with van der Waals surface area (Å²) in [6.07, 6.45) is 3.70. The highest BCUT2D eigenvalue weighted by atomic mass is 14.9. The third-order valence-electron chi connectivity index (χ3n) is 14.1. The number of fused-ring (bicyclic) bond motifs is 13. The summed E-state index contributed by atoms with van der Waals surface area (Å²) in [7, 11) is 0. The van der Waals surface area contributed by atoms with Gasteiger partial charge in [0.05, 0.1) is 16.8 Å². The maximum absolute atomic E-state index is 5.44. The molecule has 1 spiro atoms. The minimum Gasteiger partial charge on any atom is -0.264 e. The molecule has 65 heavy (non-hydrogen) atoms. The van der Waals surface area contributed by atoms with Gasteiger partial charge in [-0.1, -0.05) is 188 Å². The molecule has 12 aromatic rings. The average molecular weight is 824 g/mol. The van der Waals surface area contributed by atoms with Gasteiger partial charge in [-0.2, -0.15) is 0 Å². The predicted molar refractivity (Wildman–Crippen MR) is 267 cm³/mol. The minimum absolute atomic E-state index is 0.669. The topological polar surface area (TPSA) is 38.7 Å². The molecular formula is C62H37N3. The number of hydrogen-bond donors (Lipinski definition) is 0. The highest BCUT2D eigenvalue weighted by molar-refractivity contribution is 6.27. The number of benzene rings is 10. The number of rotatable bonds is 4. The number of hydrogen-bond acceptors (Lipinski definition) is 3. The molecule has 0 bridgehead atoms. The summed E-state index contributed by atoms with van der Waals surface area (Å²) in [6.45, 7) is 0. The first-order valence-electron chi connectivity index (χ1n) is 22.3. The van der Waals surface area contributed by atoms with Gasteiger partial charge in [0.1, 0.15) is 0 Å². The Kier molecular flexibility index (Phi) is 7.61. The van der Waals surface area contributed by atoms with Crippen LogP contribution in [0.4, 0.5) is 0 Å². The molecule has 0 amide bonds. The van der Waals surface area contributed by atoms with Crippen LogP contribution >= 0.6 is 0 Å². The third kappa shape index (κ3) is 5.15. The van der Waals surface area contributed by atoms with E-state index in [-0.39, 0.29) is 0 Å². The standard InChI is InChI=1S/C62H37N3/c1-2-12-39(13-3-1)56-36-57(65-61(64-56)42-26-23-38(24-27-42)45-16-11-33-63-37-45)43-30-31-49-47-18-5-4-17-46(47)48-19-6-8-21-52(48)62(54(49)34-43)53-22-9-7-20-50(53)60-51-32-29-41-15-10-14-40-25-28-44(35-55(60)62)59(51)58(40)41/h1-37H. The molecule has 2 heterocycles. The lowest BCUT2D eigenvalue weighted by Gasteiger charge is -2.36. The van der Waals surface area contributed by atoms with Crippen molar-refractivity contribution in [2.24, 2.45) is 0 Å². The van der Waals surface area contributed by atoms with E-state index in [4.69, 9.17) is 9.97 Å². The number of nitrogens with zero attached hydrogens (tertiary/aromatic N) is 3. The summed E-state index contributed by atoms with van der Waals surface area (Å²) in [5, 5.41) is 7.77. The van der Waals surface area contributed by atoms with Crippen LogP contribution in [-0.4, -0.2) is 15.0 Å². The molecule has 0 saturated heterocycles. The van der Waals surface area contributed by atoms with E-state index < -0.39 is 5.41 Å². The number of pyridine rings is 1. The van der Waals surface area contributed by atoms with Gasteiger partial charge >= 0.3 is 0 Å². The molecule has 0 saturated carbocycles. The molecule has 0 N–H and O–H groups in total. The van der Waals surface area contributed by atoms with Crippen molar-refractivity contribution in [2.45, 2.75) is 5.41 Å². The van der Waals surface area contributed by atoms with E-state index in [0.29, 0.717) is 5.82 Å². The Hall–Kier alpha value is -8.53. The summed E-state index contributed by atoms with van der Waals surface area (Å²) in [5.74, 6) is 0.681. The van der Waals surface area contributed by atoms with Crippen molar-refractivity contribution in [3.05, 3.63) is 247 Å². The van der Waals surface area contributed by atoms with Gasteiger partial charge in [0, 0.05) is 29.1 Å². The van der Waals surface area contributed by atoms with Gasteiger partial charge in [-0.25, -0.2) is 9.97 Å². The van der Waals surface area contributed by atoms with Crippen molar-refractivity contribution in [1.82, 2.24) is 15.0 Å². The van der Waals surface area contributed by atoms with Gasteiger partial charge in [0.15, 0.2) is 5.82 Å². The fourth-order valence-corrected chi connectivity index (χ4v) is 11.4. The first-order chi connectivity index (χ1) is 32.2. The lowest BCUT2D eigenvalue weighted by atomic mass is 9.65. The van der Waals surface area contributed by atoms with Crippen molar-refractivity contribution in [3.63, 3.8) is 0 Å². The van der Waals surface area contributed by atoms with Crippen LogP contribution in [0.3, 0.4) is 0 Å². The molecule has 2 aliphatic rings. The van der Waals surface area contributed by atoms with Gasteiger partial charge in [-0.15, -0.1) is 0 Å². The van der Waals surface area contributed by atoms with Gasteiger partial charge < -0.3 is 0 Å². The van der Waals surface area contributed by atoms with Crippen molar-refractivity contribution >= 4 is 32.3 Å². The fraction of sp³-hybridized carbons (Fsp3) is 0.0161. The zero-order chi connectivity index (χ0) is 42.6. The largest absolute Gasteiger partial charge is 0.264 e. The molecule has 3 nitrogen and oxygen atoms in total. The summed E-state index contributed by atoms with van der Waals surface area (Å²) >= 11 is 0. The molecule has 0 fully saturated rings. The Morgan fingerprint density at radius 1 is 0.323 bits per heavy atom. The van der Waals surface area contributed by atoms with Crippen molar-refractivity contribution in [1.29, 1.82) is 0 Å².